The summed E-state index contributed by atoms with van der Waals surface area (Å²) in [5.74, 6) is 0. The normalized spacial score (nSPS) is 11.0. The van der Waals surface area contributed by atoms with Crippen LogP contribution in [0.25, 0.3) is 78.1 Å². The molecule has 0 saturated heterocycles. The van der Waals surface area contributed by atoms with Gasteiger partial charge in [0.25, 0.3) is 0 Å². The number of hydrogen-bond donors (Lipinski definition) is 0. The molecule has 0 aliphatic heterocycles. The molecule has 0 fully saturated rings. The summed E-state index contributed by atoms with van der Waals surface area (Å²) in [4.78, 5) is 9.87. The minimum Gasteiger partial charge on any atom is -0.311 e. The molecule has 74 heavy (non-hydrogen) atoms. The average Bonchev–Trinajstić information content (AvgIpc) is 3.49. The van der Waals surface area contributed by atoms with Gasteiger partial charge < -0.3 is 9.80 Å². The van der Waals surface area contributed by atoms with Gasteiger partial charge in [0.2, 0.25) is 0 Å². The Morgan fingerprint density at radius 1 is 0.162 bits per heavy atom. The van der Waals surface area contributed by atoms with Gasteiger partial charge in [-0.1, -0.05) is 224 Å². The highest BCUT2D eigenvalue weighted by Crippen LogP contribution is 2.39. The predicted molar refractivity (Wildman–Crippen MR) is 312 cm³/mol. The van der Waals surface area contributed by atoms with Crippen LogP contribution in [0.15, 0.2) is 309 Å². The highest BCUT2D eigenvalue weighted by atomic mass is 15.1. The largest absolute Gasteiger partial charge is 0.311 e. The molecule has 0 N–H and O–H groups in total. The summed E-state index contributed by atoms with van der Waals surface area (Å²) in [6, 6.07) is 110. The van der Waals surface area contributed by atoms with Gasteiger partial charge >= 0.3 is 0 Å². The van der Waals surface area contributed by atoms with Crippen LogP contribution >= 0.6 is 0 Å². The number of aromatic nitrogens is 1. The zero-order chi connectivity index (χ0) is 49.5. The Hall–Kier alpha value is -9.83. The van der Waals surface area contributed by atoms with Crippen LogP contribution in [0.5, 0.6) is 0 Å². The molecule has 11 aromatic carbocycles. The Kier molecular flexibility index (Phi) is 12.8. The van der Waals surface area contributed by atoms with Crippen LogP contribution in [0.1, 0.15) is 0 Å². The highest BCUT2D eigenvalue weighted by Gasteiger charge is 2.15. The van der Waals surface area contributed by atoms with Crippen molar-refractivity contribution in [1.29, 1.82) is 0 Å². The molecule has 0 unspecified atom stereocenters. The minimum atomic E-state index is 0.935. The van der Waals surface area contributed by atoms with Gasteiger partial charge in [0.05, 0.1) is 11.4 Å². The summed E-state index contributed by atoms with van der Waals surface area (Å²) in [5, 5.41) is 0. The summed E-state index contributed by atoms with van der Waals surface area (Å²) in [7, 11) is 0. The van der Waals surface area contributed by atoms with E-state index >= 15 is 0 Å². The summed E-state index contributed by atoms with van der Waals surface area (Å²) in [6.45, 7) is 0. The number of anilines is 6. The fraction of sp³-hybridized carbons (Fsp3) is 0. The quantitative estimate of drug-likeness (QED) is 0.115. The van der Waals surface area contributed by atoms with Crippen molar-refractivity contribution in [2.24, 2.45) is 0 Å². The van der Waals surface area contributed by atoms with Gasteiger partial charge in [-0.3, -0.25) is 0 Å². The minimum absolute atomic E-state index is 0.935. The maximum absolute atomic E-state index is 5.29. The summed E-state index contributed by atoms with van der Waals surface area (Å²) >= 11 is 0. The van der Waals surface area contributed by atoms with E-state index in [1.165, 1.54) is 33.4 Å². The molecule has 1 aromatic heterocycles. The first-order valence-electron chi connectivity index (χ1n) is 25.2. The molecule has 0 spiro atoms. The number of pyridine rings is 1. The Morgan fingerprint density at radius 3 is 0.608 bits per heavy atom. The van der Waals surface area contributed by atoms with Gasteiger partial charge in [-0.05, 0) is 141 Å². The first-order chi connectivity index (χ1) is 36.7. The molecule has 12 aromatic rings. The first-order valence-corrected chi connectivity index (χ1v) is 25.2. The Bertz CT molecular complexity index is 3420. The lowest BCUT2D eigenvalue weighted by atomic mass is 9.96. The number of hydrogen-bond acceptors (Lipinski definition) is 3. The lowest BCUT2D eigenvalue weighted by molar-refractivity contribution is 1.28. The SMILES string of the molecule is c1ccc(-c2cc(-c3ccc(-c4ccc(-c5ccc(N(c6ccccc6)c6ccccc6)cc5)cc4)cc3)nc(-c3ccc(-c4ccc(-c5ccc(N(c6ccccc6)c6ccccc6)cc5)cc4)cc3)c2)cc1. The van der Waals surface area contributed by atoms with Crippen LogP contribution in [0, 0.1) is 0 Å². The molecule has 0 bridgehead atoms. The van der Waals surface area contributed by atoms with Crippen LogP contribution in [-0.2, 0) is 0 Å². The molecule has 0 amide bonds. The molecule has 1 heterocycles. The molecule has 3 heteroatoms. The summed E-state index contributed by atoms with van der Waals surface area (Å²) in [5.41, 5.74) is 22.4. The van der Waals surface area contributed by atoms with E-state index in [1.54, 1.807) is 0 Å². The summed E-state index contributed by atoms with van der Waals surface area (Å²) < 4.78 is 0. The van der Waals surface area contributed by atoms with Gasteiger partial charge in [0.1, 0.15) is 0 Å². The van der Waals surface area contributed by atoms with Gasteiger partial charge in [-0.25, -0.2) is 4.98 Å². The van der Waals surface area contributed by atoms with Gasteiger partial charge in [-0.2, -0.15) is 0 Å². The zero-order valence-corrected chi connectivity index (χ0v) is 40.8. The van der Waals surface area contributed by atoms with Crippen LogP contribution in [0.2, 0.25) is 0 Å². The van der Waals surface area contributed by atoms with Crippen molar-refractivity contribution in [1.82, 2.24) is 4.98 Å². The van der Waals surface area contributed by atoms with Crippen molar-refractivity contribution >= 4 is 34.1 Å². The number of benzene rings is 11. The van der Waals surface area contributed by atoms with Crippen molar-refractivity contribution in [3.8, 4) is 78.1 Å². The fourth-order valence-corrected chi connectivity index (χ4v) is 9.81. The van der Waals surface area contributed by atoms with Crippen molar-refractivity contribution in [2.45, 2.75) is 0 Å². The van der Waals surface area contributed by atoms with E-state index in [9.17, 15) is 0 Å². The van der Waals surface area contributed by atoms with Crippen molar-refractivity contribution in [3.63, 3.8) is 0 Å². The van der Waals surface area contributed by atoms with E-state index < -0.39 is 0 Å². The van der Waals surface area contributed by atoms with E-state index in [1.807, 2.05) is 0 Å². The van der Waals surface area contributed by atoms with Crippen LogP contribution in [0.3, 0.4) is 0 Å². The second-order valence-electron chi connectivity index (χ2n) is 18.4. The first kappa shape index (κ1) is 45.3. The molecular weight excluding hydrogens is 895 g/mol. The fourth-order valence-electron chi connectivity index (χ4n) is 9.81. The molecule has 12 rings (SSSR count). The average molecular weight is 946 g/mol. The molecule has 0 atom stereocenters. The van der Waals surface area contributed by atoms with Gasteiger partial charge in [-0.15, -0.1) is 0 Å². The maximum atomic E-state index is 5.29. The second-order valence-corrected chi connectivity index (χ2v) is 18.4. The van der Waals surface area contributed by atoms with E-state index in [0.29, 0.717) is 0 Å². The lowest BCUT2D eigenvalue weighted by Gasteiger charge is -2.25. The Morgan fingerprint density at radius 2 is 0.351 bits per heavy atom. The predicted octanol–water partition coefficient (Wildman–Crippen LogP) is 19.7. The van der Waals surface area contributed by atoms with Crippen molar-refractivity contribution < 1.29 is 0 Å². The molecule has 0 aliphatic rings. The molecule has 0 aliphatic carbocycles. The van der Waals surface area contributed by atoms with Gasteiger partial charge in [0.15, 0.2) is 0 Å². The van der Waals surface area contributed by atoms with Crippen molar-refractivity contribution in [2.75, 3.05) is 9.80 Å². The Balaban J connectivity index is 0.758. The van der Waals surface area contributed by atoms with Crippen LogP contribution in [0.4, 0.5) is 34.1 Å². The molecular formula is C71H51N3. The zero-order valence-electron chi connectivity index (χ0n) is 40.8. The topological polar surface area (TPSA) is 19.4 Å². The van der Waals surface area contributed by atoms with Gasteiger partial charge in [0, 0.05) is 45.3 Å². The van der Waals surface area contributed by atoms with E-state index in [4.69, 9.17) is 4.98 Å². The molecule has 0 radical (unpaired) electrons. The number of para-hydroxylation sites is 4. The van der Waals surface area contributed by atoms with Crippen molar-refractivity contribution in [3.05, 3.63) is 309 Å². The van der Waals surface area contributed by atoms with Crippen LogP contribution in [-0.4, -0.2) is 4.98 Å². The van der Waals surface area contributed by atoms with E-state index in [0.717, 1.165) is 78.9 Å². The molecule has 0 saturated carbocycles. The molecule has 3 nitrogen and oxygen atoms in total. The highest BCUT2D eigenvalue weighted by molar-refractivity contribution is 5.83. The number of rotatable bonds is 13. The maximum Gasteiger partial charge on any atom is 0.0715 e. The molecule has 350 valence electrons. The van der Waals surface area contributed by atoms with E-state index in [2.05, 4.69) is 319 Å². The number of nitrogens with zero attached hydrogens (tertiary/aromatic N) is 3. The monoisotopic (exact) mass is 945 g/mol. The third kappa shape index (κ3) is 9.79. The third-order valence-electron chi connectivity index (χ3n) is 13.7. The lowest BCUT2D eigenvalue weighted by Crippen LogP contribution is -2.09. The summed E-state index contributed by atoms with van der Waals surface area (Å²) in [6.07, 6.45) is 0. The standard InChI is InChI=1S/C71H51N3/c1-6-16-52(17-7-1)63-50-70(61-38-34-57(35-39-61)53-26-30-55(31-27-53)59-42-46-68(47-43-59)73(64-18-8-2-9-19-64)65-20-10-3-11-21-65)72-71(51-63)62-40-36-58(37-41-62)54-28-32-56(33-29-54)60-44-48-69(49-45-60)74(66-22-12-4-13-23-66)67-24-14-5-15-25-67/h1-51H. The van der Waals surface area contributed by atoms with Crippen LogP contribution < -0.4 is 9.80 Å². The smallest absolute Gasteiger partial charge is 0.0715 e. The van der Waals surface area contributed by atoms with E-state index in [-0.39, 0.29) is 0 Å². The second kappa shape index (κ2) is 20.9. The Labute approximate surface area is 434 Å². The third-order valence-corrected chi connectivity index (χ3v) is 13.7.